The van der Waals surface area contributed by atoms with Crippen LogP contribution in [0.25, 0.3) is 16.8 Å². The number of aliphatic carboxylic acids is 1. The lowest BCUT2D eigenvalue weighted by Crippen LogP contribution is -2.45. The van der Waals surface area contributed by atoms with Crippen molar-refractivity contribution in [2.75, 3.05) is 13.1 Å². The van der Waals surface area contributed by atoms with Gasteiger partial charge in [-0.3, -0.25) is 9.69 Å². The minimum Gasteiger partial charge on any atom is -0.485 e. The van der Waals surface area contributed by atoms with Crippen LogP contribution < -0.4 is 10.1 Å². The molecule has 0 aliphatic carbocycles. The summed E-state index contributed by atoms with van der Waals surface area (Å²) in [5.41, 5.74) is 6.19. The molecule has 9 heteroatoms. The van der Waals surface area contributed by atoms with Gasteiger partial charge in [0.05, 0.1) is 23.2 Å². The molecule has 2 N–H and O–H groups in total. The number of carboxylic acid groups (broad SMARTS) is 1. The van der Waals surface area contributed by atoms with Crippen molar-refractivity contribution in [2.24, 2.45) is 5.92 Å². The topological polar surface area (TPSA) is 85.6 Å². The van der Waals surface area contributed by atoms with Crippen molar-refractivity contribution >= 4 is 23.4 Å². The van der Waals surface area contributed by atoms with Gasteiger partial charge in [-0.15, -0.1) is 0 Å². The highest BCUT2D eigenvalue weighted by molar-refractivity contribution is 8.03. The van der Waals surface area contributed by atoms with Crippen molar-refractivity contribution in [1.29, 1.82) is 5.26 Å². The van der Waals surface area contributed by atoms with Gasteiger partial charge in [0, 0.05) is 24.7 Å². The number of nitriles is 1. The molecule has 40 heavy (non-hydrogen) atoms. The Kier molecular flexibility index (Phi) is 8.10. The fourth-order valence-electron chi connectivity index (χ4n) is 5.17. The standard InChI is InChI=1S/C31H29F2N3O3S/c1-18-12-22(25-6-3-20(15-34)11-19(25)2)4-5-23(18)16-39-29-26(13-24(32)14-27(29)33)28-17-40-31(35-28)36-9-7-21(8-10-36)30(37)38/h3-6,11-14,17,21,31,35H,7-10,16H2,1-2H3,(H,37,38). The van der Waals surface area contributed by atoms with Crippen LogP contribution in [0.2, 0.25) is 0 Å². The van der Waals surface area contributed by atoms with Crippen LogP contribution in [0.5, 0.6) is 5.75 Å². The molecule has 0 spiro atoms. The average molecular weight is 562 g/mol. The van der Waals surface area contributed by atoms with Gasteiger partial charge < -0.3 is 15.2 Å². The van der Waals surface area contributed by atoms with E-state index in [4.69, 9.17) is 10.00 Å². The van der Waals surface area contributed by atoms with E-state index in [2.05, 4.69) is 16.3 Å². The van der Waals surface area contributed by atoms with Gasteiger partial charge in [0.2, 0.25) is 0 Å². The average Bonchev–Trinajstić information content (AvgIpc) is 3.43. The number of hydrogen-bond acceptors (Lipinski definition) is 6. The van der Waals surface area contributed by atoms with Crippen molar-refractivity contribution in [3.8, 4) is 22.9 Å². The summed E-state index contributed by atoms with van der Waals surface area (Å²) in [6, 6.07) is 15.8. The minimum absolute atomic E-state index is 0.0302. The number of rotatable bonds is 7. The van der Waals surface area contributed by atoms with E-state index in [1.165, 1.54) is 17.8 Å². The normalized spacial score (nSPS) is 17.7. The van der Waals surface area contributed by atoms with E-state index in [0.29, 0.717) is 42.8 Å². The Morgan fingerprint density at radius 2 is 1.88 bits per heavy atom. The van der Waals surface area contributed by atoms with E-state index < -0.39 is 17.6 Å². The molecule has 1 fully saturated rings. The smallest absolute Gasteiger partial charge is 0.306 e. The summed E-state index contributed by atoms with van der Waals surface area (Å²) in [5.74, 6) is -2.61. The Bertz CT molecular complexity index is 1530. The number of thioether (sulfide) groups is 1. The van der Waals surface area contributed by atoms with Gasteiger partial charge in [0.25, 0.3) is 0 Å². The number of nitrogens with zero attached hydrogens (tertiary/aromatic N) is 2. The third-order valence-corrected chi connectivity index (χ3v) is 8.53. The summed E-state index contributed by atoms with van der Waals surface area (Å²) in [6.45, 7) is 5.27. The molecule has 1 saturated heterocycles. The fourth-order valence-corrected chi connectivity index (χ4v) is 6.21. The maximum Gasteiger partial charge on any atom is 0.306 e. The number of carbonyl (C=O) groups is 1. The van der Waals surface area contributed by atoms with Crippen LogP contribution in [0.3, 0.4) is 0 Å². The Morgan fingerprint density at radius 1 is 1.10 bits per heavy atom. The molecule has 0 aromatic heterocycles. The molecule has 0 amide bonds. The van der Waals surface area contributed by atoms with Gasteiger partial charge in [0.1, 0.15) is 17.9 Å². The number of halogens is 2. The van der Waals surface area contributed by atoms with Crippen molar-refractivity contribution < 1.29 is 23.4 Å². The van der Waals surface area contributed by atoms with Crippen LogP contribution in [0.15, 0.2) is 53.9 Å². The summed E-state index contributed by atoms with van der Waals surface area (Å²) >= 11 is 1.49. The molecule has 2 aliphatic rings. The van der Waals surface area contributed by atoms with E-state index in [9.17, 15) is 14.3 Å². The van der Waals surface area contributed by atoms with E-state index in [0.717, 1.165) is 33.9 Å². The molecular formula is C31H29F2N3O3S. The number of ether oxygens (including phenoxy) is 1. The number of nitrogens with one attached hydrogen (secondary N) is 1. The second-order valence-electron chi connectivity index (χ2n) is 10.1. The van der Waals surface area contributed by atoms with Crippen LogP contribution >= 0.6 is 11.8 Å². The number of piperidine rings is 1. The second-order valence-corrected chi connectivity index (χ2v) is 11.1. The first kappa shape index (κ1) is 27.7. The molecule has 0 saturated carbocycles. The van der Waals surface area contributed by atoms with Crippen molar-refractivity contribution in [3.05, 3.63) is 93.4 Å². The summed E-state index contributed by atoms with van der Waals surface area (Å²) in [7, 11) is 0. The highest BCUT2D eigenvalue weighted by atomic mass is 32.2. The van der Waals surface area contributed by atoms with E-state index in [-0.39, 0.29) is 23.8 Å². The molecule has 1 atom stereocenters. The summed E-state index contributed by atoms with van der Waals surface area (Å²) in [5, 5.41) is 23.6. The lowest BCUT2D eigenvalue weighted by molar-refractivity contribution is -0.143. The summed E-state index contributed by atoms with van der Waals surface area (Å²) < 4.78 is 35.3. The fraction of sp³-hybridized carbons (Fsp3) is 0.290. The summed E-state index contributed by atoms with van der Waals surface area (Å²) in [6.07, 6.45) is 1.13. The molecule has 206 valence electrons. The van der Waals surface area contributed by atoms with Gasteiger partial charge in [-0.2, -0.15) is 5.26 Å². The number of benzene rings is 3. The Hall–Kier alpha value is -3.87. The first-order valence-corrected chi connectivity index (χ1v) is 14.0. The maximum atomic E-state index is 15.0. The maximum absolute atomic E-state index is 15.0. The van der Waals surface area contributed by atoms with E-state index in [1.54, 1.807) is 6.07 Å². The molecular weight excluding hydrogens is 532 g/mol. The molecule has 0 radical (unpaired) electrons. The van der Waals surface area contributed by atoms with E-state index >= 15 is 4.39 Å². The van der Waals surface area contributed by atoms with Crippen molar-refractivity contribution in [1.82, 2.24) is 10.2 Å². The van der Waals surface area contributed by atoms with Gasteiger partial charge in [-0.25, -0.2) is 8.78 Å². The van der Waals surface area contributed by atoms with Gasteiger partial charge >= 0.3 is 5.97 Å². The molecule has 2 heterocycles. The predicted molar refractivity (Wildman–Crippen MR) is 151 cm³/mol. The molecule has 3 aromatic rings. The first-order chi connectivity index (χ1) is 19.2. The van der Waals surface area contributed by atoms with Crippen LogP contribution in [0.1, 0.15) is 40.7 Å². The Labute approximate surface area is 236 Å². The van der Waals surface area contributed by atoms with Crippen molar-refractivity contribution in [3.63, 3.8) is 0 Å². The van der Waals surface area contributed by atoms with Crippen LogP contribution in [-0.4, -0.2) is 34.6 Å². The molecule has 1 unspecified atom stereocenters. The largest absolute Gasteiger partial charge is 0.485 e. The first-order valence-electron chi connectivity index (χ1n) is 13.1. The predicted octanol–water partition coefficient (Wildman–Crippen LogP) is 6.41. The number of carboxylic acids is 1. The summed E-state index contributed by atoms with van der Waals surface area (Å²) in [4.78, 5) is 13.4. The van der Waals surface area contributed by atoms with Gasteiger partial charge in [0.15, 0.2) is 11.6 Å². The minimum atomic E-state index is -0.782. The zero-order chi connectivity index (χ0) is 28.4. The Morgan fingerprint density at radius 3 is 2.55 bits per heavy atom. The van der Waals surface area contributed by atoms with Gasteiger partial charge in [-0.05, 0) is 78.1 Å². The van der Waals surface area contributed by atoms with Gasteiger partial charge in [-0.1, -0.05) is 36.0 Å². The third kappa shape index (κ3) is 5.83. The molecule has 5 rings (SSSR count). The molecule has 0 bridgehead atoms. The lowest BCUT2D eigenvalue weighted by Gasteiger charge is -2.34. The highest BCUT2D eigenvalue weighted by Gasteiger charge is 2.32. The molecule has 3 aromatic carbocycles. The van der Waals surface area contributed by atoms with Crippen LogP contribution in [0.4, 0.5) is 8.78 Å². The zero-order valence-electron chi connectivity index (χ0n) is 22.2. The second kappa shape index (κ2) is 11.7. The highest BCUT2D eigenvalue weighted by Crippen LogP contribution is 2.37. The number of aryl methyl sites for hydroxylation is 2. The number of likely N-dealkylation sites (tertiary alicyclic amines) is 1. The lowest BCUT2D eigenvalue weighted by atomic mass is 9.96. The van der Waals surface area contributed by atoms with Crippen molar-refractivity contribution in [2.45, 2.75) is 38.8 Å². The SMILES string of the molecule is Cc1cc(-c2ccc(C#N)cc2C)ccc1COc1c(F)cc(F)cc1C1=CSC(N2CCC(C(=O)O)CC2)N1. The molecule has 6 nitrogen and oxygen atoms in total. The van der Waals surface area contributed by atoms with E-state index in [1.807, 2.05) is 49.6 Å². The van der Waals surface area contributed by atoms with Crippen LogP contribution in [0, 0.1) is 42.7 Å². The monoisotopic (exact) mass is 561 g/mol. The Balaban J connectivity index is 1.30. The zero-order valence-corrected chi connectivity index (χ0v) is 23.0. The van der Waals surface area contributed by atoms with Crippen LogP contribution in [-0.2, 0) is 11.4 Å². The molecule has 2 aliphatic heterocycles. The third-order valence-electron chi connectivity index (χ3n) is 7.48. The quantitative estimate of drug-likeness (QED) is 0.345. The number of hydrogen-bond donors (Lipinski definition) is 2.